The van der Waals surface area contributed by atoms with Crippen molar-refractivity contribution in [3.05, 3.63) is 53.6 Å². The highest BCUT2D eigenvalue weighted by Crippen LogP contribution is 2.39. The van der Waals surface area contributed by atoms with Gasteiger partial charge in [-0.15, -0.1) is 0 Å². The van der Waals surface area contributed by atoms with Gasteiger partial charge in [-0.3, -0.25) is 9.78 Å². The summed E-state index contributed by atoms with van der Waals surface area (Å²) in [4.78, 5) is 23.6. The number of ether oxygens (including phenoxy) is 2. The second kappa shape index (κ2) is 10.1. The summed E-state index contributed by atoms with van der Waals surface area (Å²) in [5.74, 6) is -0.968. The van der Waals surface area contributed by atoms with Crippen LogP contribution >= 0.6 is 0 Å². The van der Waals surface area contributed by atoms with Crippen molar-refractivity contribution in [3.63, 3.8) is 0 Å². The Bertz CT molecular complexity index is 1110. The molecule has 0 atom stereocenters. The zero-order valence-electron chi connectivity index (χ0n) is 17.4. The summed E-state index contributed by atoms with van der Waals surface area (Å²) in [6.07, 6.45) is -2.58. The van der Waals surface area contributed by atoms with Crippen LogP contribution in [0.4, 0.5) is 19.1 Å². The van der Waals surface area contributed by atoms with E-state index in [4.69, 9.17) is 15.2 Å². The highest BCUT2D eigenvalue weighted by atomic mass is 19.3. The number of hydrogen-bond acceptors (Lipinski definition) is 7. The highest BCUT2D eigenvalue weighted by Gasteiger charge is 2.21. The fourth-order valence-electron chi connectivity index (χ4n) is 2.98. The second-order valence-electron chi connectivity index (χ2n) is 6.76. The van der Waals surface area contributed by atoms with Crippen molar-refractivity contribution in [2.75, 3.05) is 18.9 Å². The van der Waals surface area contributed by atoms with Gasteiger partial charge in [-0.25, -0.2) is 18.2 Å². The number of alkyl halides is 2. The molecule has 10 heteroatoms. The summed E-state index contributed by atoms with van der Waals surface area (Å²) in [7, 11) is 0. The van der Waals surface area contributed by atoms with Crippen LogP contribution in [0.1, 0.15) is 31.2 Å². The molecule has 2 aromatic heterocycles. The van der Waals surface area contributed by atoms with Gasteiger partial charge < -0.3 is 15.2 Å². The molecule has 0 bridgehead atoms. The Labute approximate surface area is 182 Å². The van der Waals surface area contributed by atoms with Crippen LogP contribution in [0.5, 0.6) is 5.88 Å². The van der Waals surface area contributed by atoms with E-state index in [9.17, 15) is 18.0 Å². The summed E-state index contributed by atoms with van der Waals surface area (Å²) in [6, 6.07) is 8.24. The second-order valence-corrected chi connectivity index (χ2v) is 6.76. The summed E-state index contributed by atoms with van der Waals surface area (Å²) in [5.41, 5.74) is 7.13. The van der Waals surface area contributed by atoms with Crippen LogP contribution in [0.3, 0.4) is 0 Å². The average Bonchev–Trinajstić information content (AvgIpc) is 2.76. The van der Waals surface area contributed by atoms with Crippen molar-refractivity contribution in [1.29, 1.82) is 0 Å². The Balaban J connectivity index is 2.12. The van der Waals surface area contributed by atoms with Crippen molar-refractivity contribution in [2.24, 2.45) is 0 Å². The van der Waals surface area contributed by atoms with Gasteiger partial charge in [-0.05, 0) is 48.9 Å². The van der Waals surface area contributed by atoms with Crippen LogP contribution in [0.2, 0.25) is 0 Å². The first-order chi connectivity index (χ1) is 15.3. The summed E-state index contributed by atoms with van der Waals surface area (Å²) < 4.78 is 51.0. The molecule has 0 aliphatic carbocycles. The summed E-state index contributed by atoms with van der Waals surface area (Å²) in [5, 5.41) is 0. The predicted molar refractivity (Wildman–Crippen MR) is 112 cm³/mol. The van der Waals surface area contributed by atoms with Crippen molar-refractivity contribution in [3.8, 4) is 28.3 Å². The maximum atomic E-state index is 13.5. The summed E-state index contributed by atoms with van der Waals surface area (Å²) >= 11 is 0. The number of benzene rings is 1. The number of esters is 1. The van der Waals surface area contributed by atoms with Crippen LogP contribution < -0.4 is 10.5 Å². The zero-order chi connectivity index (χ0) is 23.3. The smallest absolute Gasteiger partial charge is 0.305 e. The number of aromatic nitrogens is 3. The molecule has 0 aliphatic heterocycles. The third-order valence-electron chi connectivity index (χ3n) is 4.37. The lowest BCUT2D eigenvalue weighted by atomic mass is 9.99. The average molecular weight is 446 g/mol. The zero-order valence-corrected chi connectivity index (χ0v) is 17.4. The Morgan fingerprint density at radius 2 is 1.78 bits per heavy atom. The van der Waals surface area contributed by atoms with Crippen molar-refractivity contribution in [2.45, 2.75) is 26.7 Å². The van der Waals surface area contributed by atoms with Gasteiger partial charge in [-0.1, -0.05) is 6.92 Å². The van der Waals surface area contributed by atoms with Crippen molar-refractivity contribution >= 4 is 11.9 Å². The molecule has 32 heavy (non-hydrogen) atoms. The molecule has 2 N–H and O–H groups in total. The summed E-state index contributed by atoms with van der Waals surface area (Å²) in [6.45, 7) is 3.15. The molecule has 0 spiro atoms. The van der Waals surface area contributed by atoms with Crippen LogP contribution in [-0.2, 0) is 9.53 Å². The van der Waals surface area contributed by atoms with E-state index in [-0.39, 0.29) is 42.7 Å². The minimum atomic E-state index is -2.80. The molecule has 0 fully saturated rings. The van der Waals surface area contributed by atoms with Crippen LogP contribution in [0, 0.1) is 12.7 Å². The van der Waals surface area contributed by atoms with E-state index in [1.807, 2.05) is 0 Å². The minimum Gasteiger partial charge on any atom is -0.473 e. The minimum absolute atomic E-state index is 0.00943. The molecule has 0 aliphatic rings. The van der Waals surface area contributed by atoms with Gasteiger partial charge >= 0.3 is 5.97 Å². The van der Waals surface area contributed by atoms with Crippen LogP contribution in [0.25, 0.3) is 22.4 Å². The molecule has 168 valence electrons. The van der Waals surface area contributed by atoms with Crippen molar-refractivity contribution < 1.29 is 27.4 Å². The van der Waals surface area contributed by atoms with Gasteiger partial charge in [0.2, 0.25) is 11.8 Å². The first kappa shape index (κ1) is 23.0. The Kier molecular flexibility index (Phi) is 7.24. The maximum Gasteiger partial charge on any atom is 0.305 e. The van der Waals surface area contributed by atoms with Crippen LogP contribution in [-0.4, -0.2) is 34.1 Å². The Morgan fingerprint density at radius 1 is 1.06 bits per heavy atom. The topological polar surface area (TPSA) is 100 Å². The van der Waals surface area contributed by atoms with E-state index in [0.717, 1.165) is 0 Å². The molecule has 0 unspecified atom stereocenters. The lowest BCUT2D eigenvalue weighted by molar-refractivity contribution is -0.143. The molecule has 0 saturated carbocycles. The molecule has 2 heterocycles. The first-order valence-electron chi connectivity index (χ1n) is 9.77. The molecular weight excluding hydrogens is 425 g/mol. The fraction of sp³-hybridized carbons (Fsp3) is 0.273. The van der Waals surface area contributed by atoms with Gasteiger partial charge in [0.05, 0.1) is 11.3 Å². The number of halogens is 3. The van der Waals surface area contributed by atoms with E-state index in [1.165, 1.54) is 30.3 Å². The number of hydrogen-bond donors (Lipinski definition) is 1. The molecule has 0 saturated heterocycles. The van der Waals surface area contributed by atoms with E-state index in [2.05, 4.69) is 15.0 Å². The molecule has 0 amide bonds. The van der Waals surface area contributed by atoms with Gasteiger partial charge in [0.15, 0.2) is 0 Å². The number of nitrogens with two attached hydrogens (primary N) is 1. The maximum absolute atomic E-state index is 13.5. The molecule has 0 radical (unpaired) electrons. The van der Waals surface area contributed by atoms with Gasteiger partial charge in [0.1, 0.15) is 24.7 Å². The third kappa shape index (κ3) is 5.51. The quantitative estimate of drug-likeness (QED) is 0.401. The highest BCUT2D eigenvalue weighted by molar-refractivity contribution is 5.85. The number of carbonyl (C=O) groups excluding carboxylic acids is 1. The van der Waals surface area contributed by atoms with Crippen LogP contribution in [0.15, 0.2) is 36.4 Å². The fourth-order valence-corrected chi connectivity index (χ4v) is 2.98. The first-order valence-corrected chi connectivity index (χ1v) is 9.77. The van der Waals surface area contributed by atoms with Gasteiger partial charge in [-0.2, -0.15) is 4.98 Å². The number of nitrogen functional groups attached to an aromatic ring is 1. The van der Waals surface area contributed by atoms with E-state index in [1.54, 1.807) is 19.9 Å². The number of aryl methyl sites for hydroxylation is 1. The van der Waals surface area contributed by atoms with E-state index in [0.29, 0.717) is 16.8 Å². The standard InChI is InChI=1S/C22H21F3N4O3/c1-3-17(30)31-8-9-32-21-18(14-10-12(2)27-16(11-14)20(24)25)19(28-22(26)29-21)13-4-6-15(23)7-5-13/h4-7,10-11,20H,3,8-9H2,1-2H3,(H2,26,28,29). The number of carbonyl (C=O) groups is 1. The predicted octanol–water partition coefficient (Wildman–Crippen LogP) is 4.50. The molecule has 1 aromatic carbocycles. The molecule has 3 rings (SSSR count). The lowest BCUT2D eigenvalue weighted by Crippen LogP contribution is -2.13. The SMILES string of the molecule is CCC(=O)OCCOc1nc(N)nc(-c2ccc(F)cc2)c1-c1cc(C)nc(C(F)F)c1. The molecule has 3 aromatic rings. The van der Waals surface area contributed by atoms with Crippen molar-refractivity contribution in [1.82, 2.24) is 15.0 Å². The third-order valence-corrected chi connectivity index (χ3v) is 4.37. The number of pyridine rings is 1. The normalized spacial score (nSPS) is 10.9. The van der Waals surface area contributed by atoms with Gasteiger partial charge in [0.25, 0.3) is 6.43 Å². The number of rotatable bonds is 8. The molecule has 7 nitrogen and oxygen atoms in total. The Hall–Kier alpha value is -3.69. The van der Waals surface area contributed by atoms with E-state index >= 15 is 0 Å². The Morgan fingerprint density at radius 3 is 2.44 bits per heavy atom. The van der Waals surface area contributed by atoms with Gasteiger partial charge in [0, 0.05) is 17.7 Å². The largest absolute Gasteiger partial charge is 0.473 e. The number of anilines is 1. The van der Waals surface area contributed by atoms with E-state index < -0.39 is 23.9 Å². The number of nitrogens with zero attached hydrogens (tertiary/aromatic N) is 3. The molecular formula is C22H21F3N4O3. The lowest BCUT2D eigenvalue weighted by Gasteiger charge is -2.16. The monoisotopic (exact) mass is 446 g/mol.